The molecule has 0 aliphatic carbocycles. The van der Waals surface area contributed by atoms with Gasteiger partial charge in [-0.3, -0.25) is 4.79 Å². The van der Waals surface area contributed by atoms with Gasteiger partial charge in [-0.1, -0.05) is 0 Å². The van der Waals surface area contributed by atoms with Crippen molar-refractivity contribution in [1.82, 2.24) is 5.32 Å². The van der Waals surface area contributed by atoms with Gasteiger partial charge in [-0.25, -0.2) is 0 Å². The number of carbonyl (C=O) groups is 1. The van der Waals surface area contributed by atoms with E-state index < -0.39 is 223 Å². The Bertz CT molecular complexity index is 1610. The molecule has 0 aromatic heterocycles. The minimum absolute atomic E-state index is 0.841. The zero-order valence-corrected chi connectivity index (χ0v) is 36.8. The fourth-order valence-corrected chi connectivity index (χ4v) is 8.75. The molecule has 6 aliphatic rings. The lowest BCUT2D eigenvalue weighted by molar-refractivity contribution is -0.387. The van der Waals surface area contributed by atoms with Gasteiger partial charge < -0.3 is 149 Å². The largest absolute Gasteiger partial charge is 0.394 e. The van der Waals surface area contributed by atoms with Gasteiger partial charge in [0, 0.05) is 6.92 Å². The minimum Gasteiger partial charge on any atom is -0.394 e. The summed E-state index contributed by atoms with van der Waals surface area (Å²) in [4.78, 5) is 12.9. The van der Waals surface area contributed by atoms with Gasteiger partial charge in [0.15, 0.2) is 37.7 Å². The molecular weight excluding hydrogens is 950 g/mol. The maximum Gasteiger partial charge on any atom is 0.217 e. The highest BCUT2D eigenvalue weighted by atomic mass is 16.8. The second-order valence-electron chi connectivity index (χ2n) is 17.5. The van der Waals surface area contributed by atoms with Crippen LogP contribution in [0.15, 0.2) is 0 Å². The lowest BCUT2D eigenvalue weighted by Gasteiger charge is -2.50. The van der Waals surface area contributed by atoms with Crippen molar-refractivity contribution >= 4 is 5.91 Å². The summed E-state index contributed by atoms with van der Waals surface area (Å²) >= 11 is 0. The van der Waals surface area contributed by atoms with E-state index in [0.29, 0.717) is 0 Å². The van der Waals surface area contributed by atoms with Crippen molar-refractivity contribution < 1.29 is 149 Å². The summed E-state index contributed by atoms with van der Waals surface area (Å²) in [5.41, 5.74) is 0. The van der Waals surface area contributed by atoms with Gasteiger partial charge in [-0.05, 0) is 6.92 Å². The van der Waals surface area contributed by atoms with E-state index in [1.165, 1.54) is 6.92 Å². The number of hydrogen-bond acceptors (Lipinski definition) is 30. The third kappa shape index (κ3) is 12.0. The first-order valence-corrected chi connectivity index (χ1v) is 22.0. The monoisotopic (exact) mass is 1020 g/mol. The van der Waals surface area contributed by atoms with Crippen LogP contribution in [0, 0.1) is 0 Å². The highest BCUT2D eigenvalue weighted by molar-refractivity contribution is 5.73. The highest BCUT2D eigenvalue weighted by Gasteiger charge is 2.57. The average Bonchev–Trinajstić information content (AvgIpc) is 3.32. The van der Waals surface area contributed by atoms with Crippen LogP contribution in [0.25, 0.3) is 0 Å². The molecule has 0 unspecified atom stereocenters. The maximum atomic E-state index is 12.9. The van der Waals surface area contributed by atoms with Crippen LogP contribution in [0.5, 0.6) is 0 Å². The molecule has 69 heavy (non-hydrogen) atoms. The van der Waals surface area contributed by atoms with E-state index in [1.807, 2.05) is 0 Å². The van der Waals surface area contributed by atoms with Crippen molar-refractivity contribution in [3.05, 3.63) is 0 Å². The smallest absolute Gasteiger partial charge is 0.217 e. The van der Waals surface area contributed by atoms with Gasteiger partial charge in [0.25, 0.3) is 0 Å². The summed E-state index contributed by atoms with van der Waals surface area (Å²) < 4.78 is 63.2. The summed E-state index contributed by atoms with van der Waals surface area (Å²) in [6.07, 6.45) is -54.6. The minimum atomic E-state index is -2.20. The quantitative estimate of drug-likeness (QED) is 0.0682. The van der Waals surface area contributed by atoms with E-state index in [2.05, 4.69) is 5.32 Å². The van der Waals surface area contributed by atoms with Gasteiger partial charge in [-0.15, -0.1) is 0 Å². The number of nitrogens with one attached hydrogen (secondary N) is 1. The Morgan fingerprint density at radius 1 is 0.406 bits per heavy atom. The number of hydrogen-bond donors (Lipinski definition) is 19. The van der Waals surface area contributed by atoms with Gasteiger partial charge in [0.05, 0.1) is 39.1 Å². The molecule has 30 atom stereocenters. The third-order valence-corrected chi connectivity index (χ3v) is 12.8. The van der Waals surface area contributed by atoms with Crippen molar-refractivity contribution in [2.75, 3.05) is 33.0 Å². The fourth-order valence-electron chi connectivity index (χ4n) is 8.75. The Morgan fingerprint density at radius 2 is 0.826 bits per heavy atom. The molecule has 0 saturated carbocycles. The highest BCUT2D eigenvalue weighted by Crippen LogP contribution is 2.36. The lowest BCUT2D eigenvalue weighted by Crippen LogP contribution is -2.70. The van der Waals surface area contributed by atoms with Crippen LogP contribution in [0.3, 0.4) is 0 Å². The summed E-state index contributed by atoms with van der Waals surface area (Å²) in [6, 6.07) is -1.72. The molecule has 6 heterocycles. The van der Waals surface area contributed by atoms with E-state index in [4.69, 9.17) is 52.1 Å². The predicted octanol–water partition coefficient (Wildman–Crippen LogP) is -12.9. The van der Waals surface area contributed by atoms with E-state index in [9.17, 15) is 96.7 Å². The van der Waals surface area contributed by atoms with Gasteiger partial charge in [0.1, 0.15) is 140 Å². The van der Waals surface area contributed by atoms with E-state index in [1.54, 1.807) is 0 Å². The fraction of sp³-hybridized carbons (Fsp3) is 0.974. The number of amides is 1. The normalized spacial score (nSPS) is 52.1. The zero-order chi connectivity index (χ0) is 50.9. The Kier molecular flexibility index (Phi) is 19.8. The number of carbonyl (C=O) groups excluding carboxylic acids is 1. The molecular formula is C38H65NO30. The van der Waals surface area contributed by atoms with Gasteiger partial charge in [-0.2, -0.15) is 0 Å². The molecule has 31 heteroatoms. The molecule has 0 aromatic carbocycles. The number of aliphatic hydroxyl groups excluding tert-OH is 18. The molecule has 6 fully saturated rings. The van der Waals surface area contributed by atoms with Crippen LogP contribution in [0.1, 0.15) is 13.8 Å². The van der Waals surface area contributed by atoms with Crippen molar-refractivity contribution in [2.24, 2.45) is 0 Å². The summed E-state index contributed by atoms with van der Waals surface area (Å²) in [5.74, 6) is -0.841. The summed E-state index contributed by atoms with van der Waals surface area (Å²) in [6.45, 7) is -2.40. The molecule has 0 radical (unpaired) electrons. The second kappa shape index (κ2) is 24.1. The number of aliphatic hydroxyl groups is 18. The van der Waals surface area contributed by atoms with Crippen molar-refractivity contribution in [3.8, 4) is 0 Å². The second-order valence-corrected chi connectivity index (χ2v) is 17.5. The molecule has 0 aromatic rings. The molecule has 6 saturated heterocycles. The molecule has 19 N–H and O–H groups in total. The topological polar surface area (TPSA) is 495 Å². The van der Waals surface area contributed by atoms with E-state index in [-0.39, 0.29) is 0 Å². The molecule has 6 aliphatic heterocycles. The maximum absolute atomic E-state index is 12.9. The molecule has 402 valence electrons. The predicted molar refractivity (Wildman–Crippen MR) is 209 cm³/mol. The number of rotatable bonds is 16. The van der Waals surface area contributed by atoms with Gasteiger partial charge in [0.2, 0.25) is 5.91 Å². The summed E-state index contributed by atoms with van der Waals surface area (Å²) in [7, 11) is 0. The first kappa shape index (κ1) is 56.6. The molecule has 0 bridgehead atoms. The first-order chi connectivity index (χ1) is 32.6. The Morgan fingerprint density at radius 3 is 1.35 bits per heavy atom. The van der Waals surface area contributed by atoms with Crippen molar-refractivity contribution in [1.29, 1.82) is 0 Å². The first-order valence-electron chi connectivity index (χ1n) is 22.0. The van der Waals surface area contributed by atoms with Crippen LogP contribution in [0.4, 0.5) is 0 Å². The molecule has 0 spiro atoms. The Hall–Kier alpha value is -1.69. The lowest BCUT2D eigenvalue weighted by atomic mass is 9.94. The average molecular weight is 1020 g/mol. The molecule has 6 rings (SSSR count). The van der Waals surface area contributed by atoms with E-state index >= 15 is 0 Å². The van der Waals surface area contributed by atoms with Crippen LogP contribution in [-0.4, -0.2) is 315 Å². The third-order valence-electron chi connectivity index (χ3n) is 12.8. The summed E-state index contributed by atoms with van der Waals surface area (Å²) in [5, 5.41) is 193. The van der Waals surface area contributed by atoms with Crippen LogP contribution in [0.2, 0.25) is 0 Å². The molecule has 31 nitrogen and oxygen atoms in total. The van der Waals surface area contributed by atoms with Crippen LogP contribution >= 0.6 is 0 Å². The Labute approximate surface area is 390 Å². The van der Waals surface area contributed by atoms with E-state index in [0.717, 1.165) is 6.92 Å². The zero-order valence-electron chi connectivity index (χ0n) is 36.8. The van der Waals surface area contributed by atoms with Gasteiger partial charge >= 0.3 is 0 Å². The molecule has 1 amide bonds. The van der Waals surface area contributed by atoms with Crippen molar-refractivity contribution in [3.63, 3.8) is 0 Å². The number of ether oxygens (including phenoxy) is 11. The van der Waals surface area contributed by atoms with Crippen molar-refractivity contribution in [2.45, 2.75) is 198 Å². The van der Waals surface area contributed by atoms with Crippen LogP contribution in [-0.2, 0) is 56.9 Å². The Balaban J connectivity index is 1.32. The van der Waals surface area contributed by atoms with Crippen LogP contribution < -0.4 is 5.32 Å². The standard InChI is InChI=1S/C38H65NO30/c1-8-16(45)20(49)25(54)35(60-8)68-31-15(39-9(2)44)34(64-13(6-43)30(31)67-36-26(55)21(50)17(46)10(3-40)62-36)59-7-14-19(48)32(69-37-27(56)22(51)18(47)11(4-41)63-37)28(57)38(65-14)66-29-12(5-42)61-33(58)24(53)23(29)52/h8,10-38,40-43,45-58H,3-7H2,1-2H3,(H,39,44)/t8-,10+,11+,12+,13+,14+,15+,16+,17-,18-,19-,20+,21-,22-,23+,24+,25-,26+,27+,28+,29+,30+,31+,32-,33-,34+,35-,36-,37-,38-/m0/s1. The SMILES string of the molecule is CC(=O)N[C@H]1[C@H](OC[C@H]2O[C@@H](O[C@H]3[C@H](O)[C@@H](O)[C@@H](O)O[C@@H]3CO)[C@H](O)[C@@H](O[C@@H]3O[C@H](CO)[C@H](O)[C@H](O)[C@H]3O)[C@H]2O)O[C@H](CO)[C@@H](O[C@@H]2O[C@H](CO)[C@H](O)[C@H](O)[C@H]2O)[C@@H]1O[C@@H]1O[C@@H](C)[C@@H](O)[C@@H](O)[C@@H]1O.